The van der Waals surface area contributed by atoms with Gasteiger partial charge in [-0.1, -0.05) is 42.5 Å². The zero-order valence-corrected chi connectivity index (χ0v) is 10.0. The predicted octanol–water partition coefficient (Wildman–Crippen LogP) is 3.26. The van der Waals surface area contributed by atoms with E-state index >= 15 is 0 Å². The van der Waals surface area contributed by atoms with Gasteiger partial charge in [-0.15, -0.1) is 0 Å². The number of anilines is 1. The van der Waals surface area contributed by atoms with Gasteiger partial charge in [-0.05, 0) is 30.0 Å². The summed E-state index contributed by atoms with van der Waals surface area (Å²) in [5.74, 6) is 0.664. The van der Waals surface area contributed by atoms with Crippen LogP contribution in [0.3, 0.4) is 0 Å². The quantitative estimate of drug-likeness (QED) is 0.657. The van der Waals surface area contributed by atoms with E-state index in [2.05, 4.69) is 12.1 Å². The van der Waals surface area contributed by atoms with E-state index < -0.39 is 0 Å². The molecule has 0 heterocycles. The van der Waals surface area contributed by atoms with Crippen molar-refractivity contribution in [2.24, 2.45) is 5.92 Å². The maximum Gasteiger partial charge on any atom is 0.168 e. The van der Waals surface area contributed by atoms with Crippen LogP contribution in [0.5, 0.6) is 0 Å². The van der Waals surface area contributed by atoms with E-state index in [-0.39, 0.29) is 11.7 Å². The number of para-hydroxylation sites is 1. The normalized spacial score (nSPS) is 21.6. The van der Waals surface area contributed by atoms with E-state index in [1.807, 2.05) is 36.4 Å². The zero-order chi connectivity index (χ0) is 12.5. The fourth-order valence-electron chi connectivity index (χ4n) is 2.47. The molecule has 2 heteroatoms. The average Bonchev–Trinajstić information content (AvgIpc) is 3.20. The summed E-state index contributed by atoms with van der Waals surface area (Å²) in [6.45, 7) is 0. The third-order valence-electron chi connectivity index (χ3n) is 3.58. The number of nitrogens with two attached hydrogens (primary N) is 1. The lowest BCUT2D eigenvalue weighted by molar-refractivity contribution is 0.0966. The highest BCUT2D eigenvalue weighted by atomic mass is 16.1. The first kappa shape index (κ1) is 11.0. The summed E-state index contributed by atoms with van der Waals surface area (Å²) in [7, 11) is 0. The Morgan fingerprint density at radius 2 is 1.67 bits per heavy atom. The maximum atomic E-state index is 12.3. The highest BCUT2D eigenvalue weighted by Gasteiger charge is 2.44. The molecular formula is C16H15NO. The Bertz CT molecular complexity index is 577. The summed E-state index contributed by atoms with van der Waals surface area (Å²) in [6, 6.07) is 17.5. The van der Waals surface area contributed by atoms with Crippen molar-refractivity contribution in [1.82, 2.24) is 0 Å². The summed E-state index contributed by atoms with van der Waals surface area (Å²) in [5.41, 5.74) is 8.36. The van der Waals surface area contributed by atoms with Crippen molar-refractivity contribution in [3.8, 4) is 0 Å². The Labute approximate surface area is 106 Å². The van der Waals surface area contributed by atoms with Gasteiger partial charge in [0.15, 0.2) is 5.78 Å². The van der Waals surface area contributed by atoms with Gasteiger partial charge in [0.05, 0.1) is 0 Å². The largest absolute Gasteiger partial charge is 0.398 e. The van der Waals surface area contributed by atoms with E-state index in [0.717, 1.165) is 6.42 Å². The molecule has 2 aromatic rings. The summed E-state index contributed by atoms with van der Waals surface area (Å²) in [4.78, 5) is 12.3. The average molecular weight is 237 g/mol. The van der Waals surface area contributed by atoms with Gasteiger partial charge in [-0.25, -0.2) is 0 Å². The minimum atomic E-state index is 0.108. The fraction of sp³-hybridized carbons (Fsp3) is 0.188. The predicted molar refractivity (Wildman–Crippen MR) is 72.5 cm³/mol. The first-order valence-electron chi connectivity index (χ1n) is 6.21. The minimum absolute atomic E-state index is 0.108. The minimum Gasteiger partial charge on any atom is -0.398 e. The molecule has 0 radical (unpaired) electrons. The van der Waals surface area contributed by atoms with Crippen LogP contribution in [0.1, 0.15) is 28.3 Å². The molecule has 1 aliphatic rings. The van der Waals surface area contributed by atoms with Crippen LogP contribution in [0.4, 0.5) is 5.69 Å². The molecule has 0 saturated heterocycles. The number of ketones is 1. The highest BCUT2D eigenvalue weighted by molar-refractivity contribution is 6.04. The number of carbonyl (C=O) groups is 1. The summed E-state index contributed by atoms with van der Waals surface area (Å²) >= 11 is 0. The molecular weight excluding hydrogens is 222 g/mol. The third-order valence-corrected chi connectivity index (χ3v) is 3.58. The molecule has 0 amide bonds. The molecule has 1 saturated carbocycles. The summed E-state index contributed by atoms with van der Waals surface area (Å²) in [5, 5.41) is 0. The molecule has 1 fully saturated rings. The summed E-state index contributed by atoms with van der Waals surface area (Å²) < 4.78 is 0. The number of rotatable bonds is 3. The molecule has 3 rings (SSSR count). The number of hydrogen-bond acceptors (Lipinski definition) is 2. The van der Waals surface area contributed by atoms with Gasteiger partial charge in [0.25, 0.3) is 0 Å². The van der Waals surface area contributed by atoms with Crippen molar-refractivity contribution in [3.05, 3.63) is 65.7 Å². The van der Waals surface area contributed by atoms with Crippen molar-refractivity contribution in [3.63, 3.8) is 0 Å². The van der Waals surface area contributed by atoms with Crippen LogP contribution in [-0.2, 0) is 0 Å². The Kier molecular flexibility index (Phi) is 2.63. The highest BCUT2D eigenvalue weighted by Crippen LogP contribution is 2.49. The molecule has 0 bridgehead atoms. The van der Waals surface area contributed by atoms with Crippen molar-refractivity contribution in [1.29, 1.82) is 0 Å². The Hall–Kier alpha value is -2.09. The fourth-order valence-corrected chi connectivity index (χ4v) is 2.47. The van der Waals surface area contributed by atoms with Gasteiger partial charge in [-0.3, -0.25) is 4.79 Å². The van der Waals surface area contributed by atoms with E-state index in [4.69, 9.17) is 5.73 Å². The molecule has 0 aliphatic heterocycles. The lowest BCUT2D eigenvalue weighted by atomic mass is 10.0. The molecule has 0 aromatic heterocycles. The summed E-state index contributed by atoms with van der Waals surface area (Å²) in [6.07, 6.45) is 0.942. The van der Waals surface area contributed by atoms with Crippen LogP contribution in [0.2, 0.25) is 0 Å². The monoisotopic (exact) mass is 237 g/mol. The van der Waals surface area contributed by atoms with Gasteiger partial charge in [0.1, 0.15) is 0 Å². The van der Waals surface area contributed by atoms with Crippen LogP contribution < -0.4 is 5.73 Å². The second-order valence-corrected chi connectivity index (χ2v) is 4.81. The topological polar surface area (TPSA) is 43.1 Å². The molecule has 2 nitrogen and oxygen atoms in total. The lowest BCUT2D eigenvalue weighted by Gasteiger charge is -2.04. The number of hydrogen-bond donors (Lipinski definition) is 1. The molecule has 0 spiro atoms. The van der Waals surface area contributed by atoms with Crippen LogP contribution in [0.25, 0.3) is 0 Å². The van der Waals surface area contributed by atoms with Crippen molar-refractivity contribution >= 4 is 11.5 Å². The molecule has 18 heavy (non-hydrogen) atoms. The third kappa shape index (κ3) is 1.90. The second kappa shape index (κ2) is 4.30. The van der Waals surface area contributed by atoms with Gasteiger partial charge >= 0.3 is 0 Å². The van der Waals surface area contributed by atoms with Gasteiger partial charge < -0.3 is 5.73 Å². The van der Waals surface area contributed by atoms with Crippen LogP contribution >= 0.6 is 0 Å². The van der Waals surface area contributed by atoms with Gasteiger partial charge in [-0.2, -0.15) is 0 Å². The van der Waals surface area contributed by atoms with Crippen molar-refractivity contribution < 1.29 is 4.79 Å². The van der Waals surface area contributed by atoms with Gasteiger partial charge in [0.2, 0.25) is 0 Å². The SMILES string of the molecule is Nc1ccccc1C(=O)C1CC1c1ccccc1. The molecule has 2 N–H and O–H groups in total. The molecule has 90 valence electrons. The number of benzene rings is 2. The number of Topliss-reactive ketones (excluding diaryl/α,β-unsaturated/α-hetero) is 1. The first-order valence-corrected chi connectivity index (χ1v) is 6.21. The Morgan fingerprint density at radius 1 is 1.00 bits per heavy atom. The van der Waals surface area contributed by atoms with E-state index in [1.54, 1.807) is 6.07 Å². The maximum absolute atomic E-state index is 12.3. The number of nitrogen functional groups attached to an aromatic ring is 1. The van der Waals surface area contributed by atoms with E-state index in [0.29, 0.717) is 17.2 Å². The lowest BCUT2D eigenvalue weighted by Crippen LogP contribution is -2.06. The molecule has 1 aliphatic carbocycles. The number of carbonyl (C=O) groups excluding carboxylic acids is 1. The van der Waals surface area contributed by atoms with E-state index in [9.17, 15) is 4.79 Å². The van der Waals surface area contributed by atoms with Crippen LogP contribution in [0, 0.1) is 5.92 Å². The molecule has 2 unspecified atom stereocenters. The standard InChI is InChI=1S/C16H15NO/c17-15-9-5-4-8-12(15)16(18)14-10-13(14)11-6-2-1-3-7-11/h1-9,13-14H,10,17H2. The van der Waals surface area contributed by atoms with Crippen molar-refractivity contribution in [2.45, 2.75) is 12.3 Å². The van der Waals surface area contributed by atoms with Gasteiger partial charge in [0, 0.05) is 17.2 Å². The molecule has 2 aromatic carbocycles. The second-order valence-electron chi connectivity index (χ2n) is 4.81. The van der Waals surface area contributed by atoms with Crippen LogP contribution in [0.15, 0.2) is 54.6 Å². The van der Waals surface area contributed by atoms with E-state index in [1.165, 1.54) is 5.56 Å². The Morgan fingerprint density at radius 3 is 2.39 bits per heavy atom. The zero-order valence-electron chi connectivity index (χ0n) is 10.0. The first-order chi connectivity index (χ1) is 8.77. The Balaban J connectivity index is 1.80. The van der Waals surface area contributed by atoms with Crippen LogP contribution in [-0.4, -0.2) is 5.78 Å². The van der Waals surface area contributed by atoms with Crippen molar-refractivity contribution in [2.75, 3.05) is 5.73 Å². The smallest absolute Gasteiger partial charge is 0.168 e. The molecule has 2 atom stereocenters.